The molecule has 0 spiro atoms. The molecule has 31 heavy (non-hydrogen) atoms. The number of phenolic OH excluding ortho intramolecular Hbond substituents is 1. The van der Waals surface area contributed by atoms with Crippen LogP contribution < -0.4 is 13.7 Å². The molecule has 0 aliphatic carbocycles. The van der Waals surface area contributed by atoms with E-state index in [2.05, 4.69) is 4.72 Å². The van der Waals surface area contributed by atoms with E-state index in [-0.39, 0.29) is 22.9 Å². The van der Waals surface area contributed by atoms with Gasteiger partial charge in [-0.15, -0.1) is 0 Å². The number of sulfonamides is 1. The molecule has 0 atom stereocenters. The number of hydrogen-bond acceptors (Lipinski definition) is 6. The Balaban J connectivity index is 1.57. The van der Waals surface area contributed by atoms with Crippen molar-refractivity contribution in [2.75, 3.05) is 17.4 Å². The summed E-state index contributed by atoms with van der Waals surface area (Å²) in [4.78, 5) is 11.6. The highest BCUT2D eigenvalue weighted by Crippen LogP contribution is 2.31. The number of anilines is 1. The lowest BCUT2D eigenvalue weighted by atomic mass is 10.0. The first-order chi connectivity index (χ1) is 14.5. The van der Waals surface area contributed by atoms with Gasteiger partial charge in [-0.25, -0.2) is 22.2 Å². The van der Waals surface area contributed by atoms with E-state index in [1.54, 1.807) is 30.3 Å². The van der Waals surface area contributed by atoms with Crippen LogP contribution in [0.15, 0.2) is 47.4 Å². The van der Waals surface area contributed by atoms with E-state index < -0.39 is 32.7 Å². The number of hydrogen-bond donors (Lipinski definition) is 3. The molecule has 11 heteroatoms. The van der Waals surface area contributed by atoms with Gasteiger partial charge in [-0.1, -0.05) is 32.0 Å². The van der Waals surface area contributed by atoms with E-state index in [0.717, 1.165) is 9.87 Å². The molecule has 1 aliphatic rings. The molecular formula is C20H25N3O6S2. The zero-order chi connectivity index (χ0) is 22.8. The normalized spacial score (nSPS) is 16.0. The van der Waals surface area contributed by atoms with Crippen molar-refractivity contribution in [1.29, 1.82) is 0 Å². The summed E-state index contributed by atoms with van der Waals surface area (Å²) in [6.07, 6.45) is 0.941. The molecule has 1 saturated heterocycles. The summed E-state index contributed by atoms with van der Waals surface area (Å²) < 4.78 is 53.8. The number of nitrogens with zero attached hydrogens (tertiary/aromatic N) is 1. The van der Waals surface area contributed by atoms with Crippen LogP contribution in [0.4, 0.5) is 5.69 Å². The van der Waals surface area contributed by atoms with Gasteiger partial charge >= 0.3 is 10.2 Å². The minimum atomic E-state index is -4.00. The van der Waals surface area contributed by atoms with Gasteiger partial charge < -0.3 is 5.11 Å². The number of aryl methyl sites for hydroxylation is 1. The first-order valence-electron chi connectivity index (χ1n) is 9.74. The van der Waals surface area contributed by atoms with Crippen molar-refractivity contribution in [3.8, 4) is 5.75 Å². The van der Waals surface area contributed by atoms with Crippen molar-refractivity contribution in [1.82, 2.24) is 9.44 Å². The number of rotatable bonds is 8. The number of carbonyl (C=O) groups is 1. The van der Waals surface area contributed by atoms with Crippen LogP contribution in [-0.2, 0) is 31.4 Å². The lowest BCUT2D eigenvalue weighted by molar-refractivity contribution is -0.117. The molecule has 1 aliphatic heterocycles. The Bertz CT molecular complexity index is 1180. The fourth-order valence-corrected chi connectivity index (χ4v) is 5.45. The minimum absolute atomic E-state index is 0.00708. The van der Waals surface area contributed by atoms with Crippen LogP contribution >= 0.6 is 0 Å². The van der Waals surface area contributed by atoms with Crippen LogP contribution in [0.3, 0.4) is 0 Å². The van der Waals surface area contributed by atoms with E-state index >= 15 is 0 Å². The van der Waals surface area contributed by atoms with Gasteiger partial charge in [-0.3, -0.25) is 4.79 Å². The maximum absolute atomic E-state index is 12.4. The predicted molar refractivity (Wildman–Crippen MR) is 117 cm³/mol. The zero-order valence-electron chi connectivity index (χ0n) is 17.2. The second-order valence-corrected chi connectivity index (χ2v) is 10.9. The van der Waals surface area contributed by atoms with E-state index in [1.165, 1.54) is 12.1 Å². The highest BCUT2D eigenvalue weighted by atomic mass is 32.2. The monoisotopic (exact) mass is 467 g/mol. The largest absolute Gasteiger partial charge is 0.506 e. The first kappa shape index (κ1) is 23.0. The Hall–Kier alpha value is -2.63. The Labute approximate surface area is 182 Å². The molecule has 2 aromatic carbocycles. The number of nitrogens with one attached hydrogen (secondary N) is 2. The Morgan fingerprint density at radius 2 is 1.84 bits per heavy atom. The van der Waals surface area contributed by atoms with Crippen LogP contribution in [0.1, 0.15) is 37.3 Å². The molecule has 9 nitrogen and oxygen atoms in total. The molecule has 2 aromatic rings. The molecule has 0 bridgehead atoms. The summed E-state index contributed by atoms with van der Waals surface area (Å²) in [7, 11) is -7.61. The zero-order valence-corrected chi connectivity index (χ0v) is 18.8. The molecule has 3 rings (SSSR count). The molecule has 0 aromatic heterocycles. The highest BCUT2D eigenvalue weighted by molar-refractivity contribution is 7.92. The second kappa shape index (κ2) is 8.85. The summed E-state index contributed by atoms with van der Waals surface area (Å²) >= 11 is 0. The van der Waals surface area contributed by atoms with Gasteiger partial charge in [0, 0.05) is 6.54 Å². The van der Waals surface area contributed by atoms with Gasteiger partial charge in [0.25, 0.3) is 5.91 Å². The molecule has 1 heterocycles. The summed E-state index contributed by atoms with van der Waals surface area (Å²) in [5, 5.41) is 10.2. The lowest BCUT2D eigenvalue weighted by Gasteiger charge is -2.16. The highest BCUT2D eigenvalue weighted by Gasteiger charge is 2.35. The third-order valence-corrected chi connectivity index (χ3v) is 7.79. The Morgan fingerprint density at radius 3 is 2.39 bits per heavy atom. The molecule has 1 fully saturated rings. The molecule has 0 radical (unpaired) electrons. The number of benzene rings is 2. The molecular weight excluding hydrogens is 442 g/mol. The van der Waals surface area contributed by atoms with Crippen LogP contribution in [-0.4, -0.2) is 40.9 Å². The topological polar surface area (TPSA) is 133 Å². The first-order valence-corrected chi connectivity index (χ1v) is 12.7. The fourth-order valence-electron chi connectivity index (χ4n) is 3.21. The minimum Gasteiger partial charge on any atom is -0.506 e. The molecule has 1 amide bonds. The van der Waals surface area contributed by atoms with Gasteiger partial charge in [0.05, 0.1) is 10.6 Å². The SMILES string of the molecule is CC(C)c1ccc(S(=O)(=O)NCCCc2ccc(N3CC(=O)NS3(=O)=O)c(O)c2)cc1. The van der Waals surface area contributed by atoms with Crippen LogP contribution in [0.25, 0.3) is 0 Å². The van der Waals surface area contributed by atoms with Crippen molar-refractivity contribution in [3.63, 3.8) is 0 Å². The van der Waals surface area contributed by atoms with Gasteiger partial charge in [0.1, 0.15) is 12.3 Å². The van der Waals surface area contributed by atoms with Gasteiger partial charge in [-0.2, -0.15) is 8.42 Å². The average molecular weight is 468 g/mol. The standard InChI is InChI=1S/C20H25N3O6S2/c1-14(2)16-6-8-17(9-7-16)30(26,27)21-11-3-4-15-5-10-18(19(24)12-15)23-13-20(25)22-31(23,28)29/h5-10,12,14,21,24H,3-4,11,13H2,1-2H3,(H,22,25). The maximum Gasteiger partial charge on any atom is 0.326 e. The average Bonchev–Trinajstić information content (AvgIpc) is 2.97. The third-order valence-electron chi connectivity index (χ3n) is 4.92. The van der Waals surface area contributed by atoms with Gasteiger partial charge in [0.15, 0.2) is 0 Å². The van der Waals surface area contributed by atoms with Crippen molar-refractivity contribution >= 4 is 31.8 Å². The van der Waals surface area contributed by atoms with Crippen LogP contribution in [0.2, 0.25) is 0 Å². The third kappa shape index (κ3) is 5.35. The van der Waals surface area contributed by atoms with Crippen molar-refractivity contribution in [3.05, 3.63) is 53.6 Å². The predicted octanol–water partition coefficient (Wildman–Crippen LogP) is 1.61. The van der Waals surface area contributed by atoms with Crippen molar-refractivity contribution in [2.24, 2.45) is 0 Å². The van der Waals surface area contributed by atoms with Gasteiger partial charge in [0.2, 0.25) is 10.0 Å². The fraction of sp³-hybridized carbons (Fsp3) is 0.350. The lowest BCUT2D eigenvalue weighted by Crippen LogP contribution is -2.29. The number of aromatic hydroxyl groups is 1. The quantitative estimate of drug-likeness (QED) is 0.505. The number of carbonyl (C=O) groups excluding carboxylic acids is 1. The van der Waals surface area contributed by atoms with Crippen LogP contribution in [0, 0.1) is 0 Å². The molecule has 0 saturated carbocycles. The van der Waals surface area contributed by atoms with Crippen LogP contribution in [0.5, 0.6) is 5.75 Å². The summed E-state index contributed by atoms with van der Waals surface area (Å²) in [5.74, 6) is -0.632. The Morgan fingerprint density at radius 1 is 1.16 bits per heavy atom. The molecule has 0 unspecified atom stereocenters. The summed E-state index contributed by atoms with van der Waals surface area (Å²) in [5.41, 5.74) is 1.77. The molecule has 3 N–H and O–H groups in total. The van der Waals surface area contributed by atoms with E-state index in [1.807, 2.05) is 18.6 Å². The van der Waals surface area contributed by atoms with Crippen molar-refractivity contribution in [2.45, 2.75) is 37.5 Å². The summed E-state index contributed by atoms with van der Waals surface area (Å²) in [6.45, 7) is 3.88. The van der Waals surface area contributed by atoms with E-state index in [4.69, 9.17) is 0 Å². The number of phenols is 1. The van der Waals surface area contributed by atoms with Crippen molar-refractivity contribution < 1.29 is 26.7 Å². The second-order valence-electron chi connectivity index (χ2n) is 7.59. The Kier molecular flexibility index (Phi) is 6.58. The van der Waals surface area contributed by atoms with E-state index in [0.29, 0.717) is 24.3 Å². The smallest absolute Gasteiger partial charge is 0.326 e. The number of amides is 1. The summed E-state index contributed by atoms with van der Waals surface area (Å²) in [6, 6.07) is 11.2. The van der Waals surface area contributed by atoms with E-state index in [9.17, 15) is 26.7 Å². The maximum atomic E-state index is 12.4. The molecule has 168 valence electrons. The van der Waals surface area contributed by atoms with Gasteiger partial charge in [-0.05, 0) is 54.2 Å².